The summed E-state index contributed by atoms with van der Waals surface area (Å²) in [5, 5.41) is 11.3. The summed E-state index contributed by atoms with van der Waals surface area (Å²) in [6, 6.07) is 3.47. The molecule has 0 saturated heterocycles. The third-order valence-corrected chi connectivity index (χ3v) is 1.89. The number of aliphatic hydroxyl groups is 1. The summed E-state index contributed by atoms with van der Waals surface area (Å²) in [6.45, 7) is 3.84. The number of hydrogen-bond donors (Lipinski definition) is 2. The third-order valence-electron chi connectivity index (χ3n) is 1.89. The SMILES string of the molecule is CC(C)NC(=O)c1ccc(C#CCCO)cn1. The highest BCUT2D eigenvalue weighted by molar-refractivity contribution is 5.92. The van der Waals surface area contributed by atoms with E-state index in [1.165, 1.54) is 0 Å². The Labute approximate surface area is 101 Å². The standard InChI is InChI=1S/C13H16N2O2/c1-10(2)15-13(17)12-7-6-11(9-14-12)5-3-4-8-16/h6-7,9-10,16H,4,8H2,1-2H3,(H,15,17). The third kappa shape index (κ3) is 4.66. The number of carbonyl (C=O) groups is 1. The lowest BCUT2D eigenvalue weighted by Gasteiger charge is -2.07. The van der Waals surface area contributed by atoms with E-state index in [2.05, 4.69) is 22.1 Å². The van der Waals surface area contributed by atoms with Crippen molar-refractivity contribution in [3.63, 3.8) is 0 Å². The number of nitrogens with zero attached hydrogens (tertiary/aromatic N) is 1. The average molecular weight is 232 g/mol. The van der Waals surface area contributed by atoms with E-state index in [-0.39, 0.29) is 18.6 Å². The zero-order valence-corrected chi connectivity index (χ0v) is 10.0. The van der Waals surface area contributed by atoms with Gasteiger partial charge in [0, 0.05) is 24.2 Å². The van der Waals surface area contributed by atoms with Crippen LogP contribution in [0.25, 0.3) is 0 Å². The van der Waals surface area contributed by atoms with Gasteiger partial charge in [0.05, 0.1) is 6.61 Å². The molecule has 0 saturated carbocycles. The summed E-state index contributed by atoms with van der Waals surface area (Å²) in [5.74, 6) is 5.45. The van der Waals surface area contributed by atoms with Crippen molar-refractivity contribution in [3.05, 3.63) is 29.6 Å². The predicted molar refractivity (Wildman–Crippen MR) is 65.4 cm³/mol. The van der Waals surface area contributed by atoms with Crippen molar-refractivity contribution < 1.29 is 9.90 Å². The molecule has 17 heavy (non-hydrogen) atoms. The van der Waals surface area contributed by atoms with Gasteiger partial charge < -0.3 is 10.4 Å². The van der Waals surface area contributed by atoms with Crippen LogP contribution in [0.3, 0.4) is 0 Å². The van der Waals surface area contributed by atoms with Crippen molar-refractivity contribution in [1.29, 1.82) is 0 Å². The van der Waals surface area contributed by atoms with Crippen LogP contribution in [0.1, 0.15) is 36.3 Å². The molecular weight excluding hydrogens is 216 g/mol. The molecule has 2 N–H and O–H groups in total. The van der Waals surface area contributed by atoms with Gasteiger partial charge in [-0.3, -0.25) is 4.79 Å². The highest BCUT2D eigenvalue weighted by atomic mass is 16.2. The lowest BCUT2D eigenvalue weighted by atomic mass is 10.2. The average Bonchev–Trinajstić information content (AvgIpc) is 2.29. The van der Waals surface area contributed by atoms with Gasteiger partial charge in [-0.1, -0.05) is 11.8 Å². The van der Waals surface area contributed by atoms with Crippen LogP contribution in [0.4, 0.5) is 0 Å². The molecule has 0 fully saturated rings. The molecule has 0 aromatic carbocycles. The zero-order chi connectivity index (χ0) is 12.7. The van der Waals surface area contributed by atoms with E-state index in [4.69, 9.17) is 5.11 Å². The number of pyridine rings is 1. The summed E-state index contributed by atoms with van der Waals surface area (Å²) in [5.41, 5.74) is 1.12. The second kappa shape index (κ2) is 6.66. The number of aliphatic hydroxyl groups excluding tert-OH is 1. The van der Waals surface area contributed by atoms with Gasteiger partial charge >= 0.3 is 0 Å². The Kier molecular flexibility index (Phi) is 5.18. The van der Waals surface area contributed by atoms with Crippen molar-refractivity contribution >= 4 is 5.91 Å². The fraction of sp³-hybridized carbons (Fsp3) is 0.385. The second-order valence-corrected chi connectivity index (χ2v) is 3.84. The van der Waals surface area contributed by atoms with E-state index >= 15 is 0 Å². The monoisotopic (exact) mass is 232 g/mol. The normalized spacial score (nSPS) is 9.65. The maximum absolute atomic E-state index is 11.6. The van der Waals surface area contributed by atoms with Gasteiger partial charge in [0.1, 0.15) is 5.69 Å². The van der Waals surface area contributed by atoms with Crippen molar-refractivity contribution in [2.24, 2.45) is 0 Å². The number of hydrogen-bond acceptors (Lipinski definition) is 3. The first kappa shape index (κ1) is 13.2. The van der Waals surface area contributed by atoms with Crippen molar-refractivity contribution in [2.75, 3.05) is 6.61 Å². The molecule has 1 amide bonds. The van der Waals surface area contributed by atoms with Crippen molar-refractivity contribution in [3.8, 4) is 11.8 Å². The molecule has 4 nitrogen and oxygen atoms in total. The number of nitrogens with one attached hydrogen (secondary N) is 1. The molecule has 0 aliphatic rings. The minimum atomic E-state index is -0.185. The van der Waals surface area contributed by atoms with Gasteiger partial charge in [-0.05, 0) is 26.0 Å². The van der Waals surface area contributed by atoms with Crippen molar-refractivity contribution in [2.45, 2.75) is 26.3 Å². The summed E-state index contributed by atoms with van der Waals surface area (Å²) >= 11 is 0. The molecule has 0 aliphatic carbocycles. The van der Waals surface area contributed by atoms with E-state index in [9.17, 15) is 4.79 Å². The fourth-order valence-corrected chi connectivity index (χ4v) is 1.16. The molecule has 0 spiro atoms. The van der Waals surface area contributed by atoms with E-state index in [1.54, 1.807) is 18.3 Å². The number of rotatable bonds is 3. The van der Waals surface area contributed by atoms with Crippen LogP contribution < -0.4 is 5.32 Å². The minimum absolute atomic E-state index is 0.0509. The van der Waals surface area contributed by atoms with Crippen LogP contribution in [0.15, 0.2) is 18.3 Å². The van der Waals surface area contributed by atoms with Gasteiger partial charge in [-0.25, -0.2) is 4.98 Å². The molecule has 1 heterocycles. The number of aromatic nitrogens is 1. The first-order valence-corrected chi connectivity index (χ1v) is 5.50. The van der Waals surface area contributed by atoms with Gasteiger partial charge in [-0.15, -0.1) is 0 Å². The molecule has 0 bridgehead atoms. The Morgan fingerprint density at radius 2 is 2.29 bits per heavy atom. The predicted octanol–water partition coefficient (Wildman–Crippen LogP) is 0.954. The largest absolute Gasteiger partial charge is 0.395 e. The maximum Gasteiger partial charge on any atom is 0.270 e. The second-order valence-electron chi connectivity index (χ2n) is 3.84. The zero-order valence-electron chi connectivity index (χ0n) is 10.0. The molecule has 0 aliphatic heterocycles. The van der Waals surface area contributed by atoms with Crippen LogP contribution in [0.2, 0.25) is 0 Å². The highest BCUT2D eigenvalue weighted by Gasteiger charge is 2.07. The first-order valence-electron chi connectivity index (χ1n) is 5.50. The smallest absolute Gasteiger partial charge is 0.270 e. The Bertz CT molecular complexity index is 427. The Balaban J connectivity index is 2.68. The molecular formula is C13H16N2O2. The molecule has 1 rings (SSSR count). The van der Waals surface area contributed by atoms with Crippen LogP contribution in [-0.2, 0) is 0 Å². The van der Waals surface area contributed by atoms with Gasteiger partial charge in [-0.2, -0.15) is 0 Å². The first-order chi connectivity index (χ1) is 8.13. The van der Waals surface area contributed by atoms with Crippen LogP contribution in [0.5, 0.6) is 0 Å². The summed E-state index contributed by atoms with van der Waals surface area (Å²) in [6.07, 6.45) is 2.00. The summed E-state index contributed by atoms with van der Waals surface area (Å²) in [7, 11) is 0. The lowest BCUT2D eigenvalue weighted by Crippen LogP contribution is -2.30. The maximum atomic E-state index is 11.6. The lowest BCUT2D eigenvalue weighted by molar-refractivity contribution is 0.0938. The molecule has 1 aromatic heterocycles. The minimum Gasteiger partial charge on any atom is -0.395 e. The van der Waals surface area contributed by atoms with Crippen LogP contribution in [0, 0.1) is 11.8 Å². The molecule has 0 radical (unpaired) electrons. The van der Waals surface area contributed by atoms with Crippen LogP contribution in [-0.4, -0.2) is 28.6 Å². The fourth-order valence-electron chi connectivity index (χ4n) is 1.16. The molecule has 0 unspecified atom stereocenters. The number of carbonyl (C=O) groups excluding carboxylic acids is 1. The Morgan fingerprint density at radius 1 is 1.53 bits per heavy atom. The molecule has 0 atom stereocenters. The van der Waals surface area contributed by atoms with E-state index in [0.717, 1.165) is 5.56 Å². The van der Waals surface area contributed by atoms with Gasteiger partial charge in [0.25, 0.3) is 5.91 Å². The van der Waals surface area contributed by atoms with Crippen LogP contribution >= 0.6 is 0 Å². The van der Waals surface area contributed by atoms with E-state index in [0.29, 0.717) is 12.1 Å². The molecule has 1 aromatic rings. The van der Waals surface area contributed by atoms with Gasteiger partial charge in [0.15, 0.2) is 0 Å². The molecule has 4 heteroatoms. The summed E-state index contributed by atoms with van der Waals surface area (Å²) in [4.78, 5) is 15.6. The summed E-state index contributed by atoms with van der Waals surface area (Å²) < 4.78 is 0. The van der Waals surface area contributed by atoms with E-state index < -0.39 is 0 Å². The van der Waals surface area contributed by atoms with E-state index in [1.807, 2.05) is 13.8 Å². The highest BCUT2D eigenvalue weighted by Crippen LogP contribution is 1.99. The van der Waals surface area contributed by atoms with Crippen molar-refractivity contribution in [1.82, 2.24) is 10.3 Å². The topological polar surface area (TPSA) is 62.2 Å². The van der Waals surface area contributed by atoms with Gasteiger partial charge in [0.2, 0.25) is 0 Å². The Hall–Kier alpha value is -1.86. The number of amides is 1. The molecule has 90 valence electrons. The Morgan fingerprint density at radius 3 is 2.82 bits per heavy atom. The quantitative estimate of drug-likeness (QED) is 0.763.